The van der Waals surface area contributed by atoms with E-state index in [0.717, 1.165) is 12.2 Å². The van der Waals surface area contributed by atoms with Crippen molar-refractivity contribution in [1.29, 1.82) is 0 Å². The van der Waals surface area contributed by atoms with E-state index in [9.17, 15) is 4.79 Å². The second-order valence-electron chi connectivity index (χ2n) is 4.10. The molecule has 0 bridgehead atoms. The van der Waals surface area contributed by atoms with Crippen LogP contribution >= 0.6 is 0 Å². The van der Waals surface area contributed by atoms with Gasteiger partial charge in [-0.3, -0.25) is 4.79 Å². The van der Waals surface area contributed by atoms with Crippen LogP contribution in [0.15, 0.2) is 22.8 Å². The van der Waals surface area contributed by atoms with Crippen LogP contribution in [0.25, 0.3) is 0 Å². The Hall–Kier alpha value is -1.33. The number of hydrogen-bond donors (Lipinski definition) is 1. The average Bonchev–Trinajstić information content (AvgIpc) is 2.89. The zero-order chi connectivity index (χ0) is 13.2. The Labute approximate surface area is 108 Å². The summed E-state index contributed by atoms with van der Waals surface area (Å²) in [6.07, 6.45) is 3.53. The molecule has 0 aromatic carbocycles. The number of aryl methyl sites for hydroxylation is 1. The van der Waals surface area contributed by atoms with Gasteiger partial charge in [-0.1, -0.05) is 0 Å². The first kappa shape index (κ1) is 14.7. The van der Waals surface area contributed by atoms with Crippen molar-refractivity contribution in [3.05, 3.63) is 24.2 Å². The third-order valence-corrected chi connectivity index (χ3v) is 2.72. The second-order valence-corrected chi connectivity index (χ2v) is 4.10. The maximum Gasteiger partial charge on any atom is 0.223 e. The van der Waals surface area contributed by atoms with Crippen LogP contribution in [-0.2, 0) is 16.0 Å². The van der Waals surface area contributed by atoms with E-state index in [1.54, 1.807) is 18.3 Å². The van der Waals surface area contributed by atoms with E-state index in [-0.39, 0.29) is 5.91 Å². The number of hydrogen-bond acceptors (Lipinski definition) is 4. The lowest BCUT2D eigenvalue weighted by Gasteiger charge is -2.22. The summed E-state index contributed by atoms with van der Waals surface area (Å²) < 4.78 is 10.2. The van der Waals surface area contributed by atoms with E-state index < -0.39 is 0 Å². The Morgan fingerprint density at radius 2 is 2.33 bits per heavy atom. The Morgan fingerprint density at radius 1 is 1.50 bits per heavy atom. The molecule has 0 spiro atoms. The molecule has 0 fully saturated rings. The molecule has 0 aliphatic carbocycles. The van der Waals surface area contributed by atoms with Crippen LogP contribution in [0.4, 0.5) is 0 Å². The molecular formula is C13H22N2O3. The van der Waals surface area contributed by atoms with Crippen LogP contribution in [0.3, 0.4) is 0 Å². The fourth-order valence-corrected chi connectivity index (χ4v) is 1.69. The largest absolute Gasteiger partial charge is 0.469 e. The summed E-state index contributed by atoms with van der Waals surface area (Å²) in [4.78, 5) is 13.8. The number of amides is 1. The molecule has 18 heavy (non-hydrogen) atoms. The summed E-state index contributed by atoms with van der Waals surface area (Å²) in [5.41, 5.74) is 5.47. The highest BCUT2D eigenvalue weighted by Gasteiger charge is 2.13. The first-order valence-corrected chi connectivity index (χ1v) is 6.27. The van der Waals surface area contributed by atoms with Crippen molar-refractivity contribution in [3.63, 3.8) is 0 Å². The van der Waals surface area contributed by atoms with Crippen LogP contribution in [0.5, 0.6) is 0 Å². The smallest absolute Gasteiger partial charge is 0.223 e. The van der Waals surface area contributed by atoms with Crippen LogP contribution in [0, 0.1) is 0 Å². The molecule has 0 saturated carbocycles. The molecule has 0 aliphatic rings. The monoisotopic (exact) mass is 254 g/mol. The minimum absolute atomic E-state index is 0.122. The highest BCUT2D eigenvalue weighted by Crippen LogP contribution is 2.06. The lowest BCUT2D eigenvalue weighted by Crippen LogP contribution is -2.35. The molecule has 0 unspecified atom stereocenters. The fourth-order valence-electron chi connectivity index (χ4n) is 1.69. The number of carbonyl (C=O) groups excluding carboxylic acids is 1. The van der Waals surface area contributed by atoms with E-state index in [4.69, 9.17) is 14.9 Å². The van der Waals surface area contributed by atoms with Crippen molar-refractivity contribution < 1.29 is 13.9 Å². The Kier molecular flexibility index (Phi) is 7.13. The number of ether oxygens (including phenoxy) is 1. The molecular weight excluding hydrogens is 232 g/mol. The Balaban J connectivity index is 2.36. The van der Waals surface area contributed by atoms with Crippen molar-refractivity contribution in [2.75, 3.05) is 33.4 Å². The summed E-state index contributed by atoms with van der Waals surface area (Å²) >= 11 is 0. The molecule has 1 amide bonds. The third-order valence-electron chi connectivity index (χ3n) is 2.72. The number of methoxy groups -OCH3 is 1. The SMILES string of the molecule is COCCN(CCCN)C(=O)CCc1ccco1. The topological polar surface area (TPSA) is 68.7 Å². The zero-order valence-corrected chi connectivity index (χ0v) is 10.9. The predicted molar refractivity (Wildman–Crippen MR) is 69.2 cm³/mol. The summed E-state index contributed by atoms with van der Waals surface area (Å²) in [5.74, 6) is 0.964. The van der Waals surface area contributed by atoms with Gasteiger partial charge in [0.1, 0.15) is 5.76 Å². The van der Waals surface area contributed by atoms with Gasteiger partial charge in [0.25, 0.3) is 0 Å². The number of carbonyl (C=O) groups is 1. The molecule has 0 saturated heterocycles. The third kappa shape index (κ3) is 5.33. The van der Waals surface area contributed by atoms with E-state index in [1.807, 2.05) is 12.1 Å². The quantitative estimate of drug-likeness (QED) is 0.715. The molecule has 1 heterocycles. The standard InChI is InChI=1S/C13H22N2O3/c1-17-11-9-15(8-3-7-14)13(16)6-5-12-4-2-10-18-12/h2,4,10H,3,5-9,11,14H2,1H3. The molecule has 1 aromatic heterocycles. The van der Waals surface area contributed by atoms with Crippen LogP contribution in [0.2, 0.25) is 0 Å². The van der Waals surface area contributed by atoms with Gasteiger partial charge in [0.15, 0.2) is 0 Å². The highest BCUT2D eigenvalue weighted by molar-refractivity contribution is 5.76. The van der Waals surface area contributed by atoms with E-state index in [0.29, 0.717) is 39.1 Å². The lowest BCUT2D eigenvalue weighted by molar-refractivity contribution is -0.131. The van der Waals surface area contributed by atoms with Gasteiger partial charge in [0.2, 0.25) is 5.91 Å². The summed E-state index contributed by atoms with van der Waals surface area (Å²) in [5, 5.41) is 0. The van der Waals surface area contributed by atoms with Gasteiger partial charge in [0, 0.05) is 33.0 Å². The molecule has 1 rings (SSSR count). The van der Waals surface area contributed by atoms with E-state index in [1.165, 1.54) is 0 Å². The minimum Gasteiger partial charge on any atom is -0.469 e. The molecule has 0 aliphatic heterocycles. The molecule has 5 heteroatoms. The summed E-state index contributed by atoms with van der Waals surface area (Å²) in [6, 6.07) is 3.71. The van der Waals surface area contributed by atoms with Gasteiger partial charge in [-0.25, -0.2) is 0 Å². The van der Waals surface area contributed by atoms with Crippen molar-refractivity contribution >= 4 is 5.91 Å². The molecule has 0 atom stereocenters. The van der Waals surface area contributed by atoms with Crippen molar-refractivity contribution in [2.45, 2.75) is 19.3 Å². The van der Waals surface area contributed by atoms with Crippen LogP contribution in [0.1, 0.15) is 18.6 Å². The highest BCUT2D eigenvalue weighted by atomic mass is 16.5. The lowest BCUT2D eigenvalue weighted by atomic mass is 10.2. The molecule has 102 valence electrons. The van der Waals surface area contributed by atoms with Crippen molar-refractivity contribution in [2.24, 2.45) is 5.73 Å². The number of rotatable bonds is 9. The second kappa shape index (κ2) is 8.72. The van der Waals surface area contributed by atoms with Gasteiger partial charge in [0.05, 0.1) is 12.9 Å². The Bertz CT molecular complexity index is 317. The van der Waals surface area contributed by atoms with Gasteiger partial charge in [-0.2, -0.15) is 0 Å². The first-order valence-electron chi connectivity index (χ1n) is 6.27. The zero-order valence-electron chi connectivity index (χ0n) is 10.9. The number of nitrogens with two attached hydrogens (primary N) is 1. The average molecular weight is 254 g/mol. The summed E-state index contributed by atoms with van der Waals surface area (Å²) in [6.45, 7) is 2.45. The number of furan rings is 1. The first-order chi connectivity index (χ1) is 8.77. The van der Waals surface area contributed by atoms with Crippen molar-refractivity contribution in [3.8, 4) is 0 Å². The van der Waals surface area contributed by atoms with Gasteiger partial charge in [-0.05, 0) is 25.1 Å². The van der Waals surface area contributed by atoms with E-state index in [2.05, 4.69) is 0 Å². The molecule has 5 nitrogen and oxygen atoms in total. The van der Waals surface area contributed by atoms with Crippen molar-refractivity contribution in [1.82, 2.24) is 4.90 Å². The summed E-state index contributed by atoms with van der Waals surface area (Å²) in [7, 11) is 1.63. The maximum atomic E-state index is 12.0. The predicted octanol–water partition coefficient (Wildman–Crippen LogP) is 1.04. The van der Waals surface area contributed by atoms with E-state index >= 15 is 0 Å². The fraction of sp³-hybridized carbons (Fsp3) is 0.615. The van der Waals surface area contributed by atoms with Gasteiger partial charge >= 0.3 is 0 Å². The minimum atomic E-state index is 0.122. The van der Waals surface area contributed by atoms with Gasteiger partial charge in [-0.15, -0.1) is 0 Å². The van der Waals surface area contributed by atoms with Gasteiger partial charge < -0.3 is 19.8 Å². The normalized spacial score (nSPS) is 10.6. The number of nitrogens with zero attached hydrogens (tertiary/aromatic N) is 1. The maximum absolute atomic E-state index is 12.0. The molecule has 2 N–H and O–H groups in total. The van der Waals surface area contributed by atoms with Crippen LogP contribution in [-0.4, -0.2) is 44.2 Å². The van der Waals surface area contributed by atoms with Crippen LogP contribution < -0.4 is 5.73 Å². The molecule has 0 radical (unpaired) electrons. The Morgan fingerprint density at radius 3 is 2.94 bits per heavy atom. The molecule has 1 aromatic rings.